The van der Waals surface area contributed by atoms with Gasteiger partial charge in [0, 0.05) is 0 Å². The van der Waals surface area contributed by atoms with E-state index in [1.54, 1.807) is 18.3 Å². The highest BCUT2D eigenvalue weighted by atomic mass is 79.9. The first-order valence-electron chi connectivity index (χ1n) is 3.34. The van der Waals surface area contributed by atoms with E-state index in [1.165, 1.54) is 0 Å². The average Bonchev–Trinajstić information content (AvgIpc) is 2.09. The second-order valence-electron chi connectivity index (χ2n) is 2.12. The van der Waals surface area contributed by atoms with Crippen LogP contribution in [0.2, 0.25) is 0 Å². The van der Waals surface area contributed by atoms with Crippen molar-refractivity contribution < 1.29 is 4.79 Å². The third-order valence-corrected chi connectivity index (χ3v) is 1.67. The molecule has 0 aromatic carbocycles. The molecule has 1 rings (SSSR count). The zero-order valence-electron chi connectivity index (χ0n) is 6.25. The molecular formula is C7H8BrN3O. The van der Waals surface area contributed by atoms with Crippen LogP contribution in [0, 0.1) is 0 Å². The molecule has 0 atom stereocenters. The summed E-state index contributed by atoms with van der Waals surface area (Å²) >= 11 is 3.18. The normalized spacial score (nSPS) is 9.50. The number of nitrogens with two attached hydrogens (primary N) is 1. The lowest BCUT2D eigenvalue weighted by atomic mass is 10.4. The van der Waals surface area contributed by atoms with Crippen molar-refractivity contribution in [3.8, 4) is 0 Å². The van der Waals surface area contributed by atoms with E-state index >= 15 is 0 Å². The Hall–Kier alpha value is -0.940. The van der Waals surface area contributed by atoms with Crippen molar-refractivity contribution in [2.75, 3.05) is 11.9 Å². The predicted octanol–water partition coefficient (Wildman–Crippen LogP) is 0.741. The molecule has 5 heteroatoms. The molecule has 1 aromatic heterocycles. The molecule has 0 aliphatic heterocycles. The number of nitrogens with zero attached hydrogens (tertiary/aromatic N) is 1. The summed E-state index contributed by atoms with van der Waals surface area (Å²) in [6, 6.07) is 3.48. The van der Waals surface area contributed by atoms with Gasteiger partial charge in [0.25, 0.3) is 0 Å². The fourth-order valence-corrected chi connectivity index (χ4v) is 0.896. The van der Waals surface area contributed by atoms with E-state index in [1.807, 2.05) is 0 Å². The minimum atomic E-state index is -0.223. The Bertz CT molecular complexity index is 272. The smallest absolute Gasteiger partial charge is 0.238 e. The van der Waals surface area contributed by atoms with Gasteiger partial charge in [-0.15, -0.1) is 0 Å². The van der Waals surface area contributed by atoms with Gasteiger partial charge in [-0.2, -0.15) is 0 Å². The lowest BCUT2D eigenvalue weighted by Crippen LogP contribution is -2.21. The largest absolute Gasteiger partial charge is 0.324 e. The third kappa shape index (κ3) is 2.60. The number of carbonyl (C=O) groups is 1. The monoisotopic (exact) mass is 229 g/mol. The lowest BCUT2D eigenvalue weighted by Gasteiger charge is -2.01. The lowest BCUT2D eigenvalue weighted by molar-refractivity contribution is -0.114. The predicted molar refractivity (Wildman–Crippen MR) is 49.6 cm³/mol. The summed E-state index contributed by atoms with van der Waals surface area (Å²) in [5, 5.41) is 2.57. The van der Waals surface area contributed by atoms with Crippen LogP contribution >= 0.6 is 15.9 Å². The van der Waals surface area contributed by atoms with Crippen LogP contribution in [0.4, 0.5) is 5.69 Å². The number of pyridine rings is 1. The van der Waals surface area contributed by atoms with E-state index < -0.39 is 0 Å². The highest BCUT2D eigenvalue weighted by Gasteiger charge is 1.97. The van der Waals surface area contributed by atoms with Gasteiger partial charge >= 0.3 is 0 Å². The van der Waals surface area contributed by atoms with Gasteiger partial charge in [-0.1, -0.05) is 0 Å². The van der Waals surface area contributed by atoms with Gasteiger partial charge < -0.3 is 11.1 Å². The molecule has 0 saturated heterocycles. The molecule has 0 radical (unpaired) electrons. The average molecular weight is 230 g/mol. The fraction of sp³-hybridized carbons (Fsp3) is 0.143. The quantitative estimate of drug-likeness (QED) is 0.736. The van der Waals surface area contributed by atoms with Crippen molar-refractivity contribution >= 4 is 27.5 Å². The molecule has 64 valence electrons. The number of nitrogens with one attached hydrogen (secondary N) is 1. The standard InChI is InChI=1S/C7H8BrN3O/c8-6-2-1-5(4-10-6)11-7(12)3-9/h1-2,4H,3,9H2,(H,11,12). The van der Waals surface area contributed by atoms with Gasteiger partial charge in [0.15, 0.2) is 0 Å². The second kappa shape index (κ2) is 4.18. The van der Waals surface area contributed by atoms with E-state index in [2.05, 4.69) is 26.2 Å². The maximum Gasteiger partial charge on any atom is 0.238 e. The summed E-state index contributed by atoms with van der Waals surface area (Å²) in [4.78, 5) is 14.7. The van der Waals surface area contributed by atoms with Crippen molar-refractivity contribution in [2.45, 2.75) is 0 Å². The van der Waals surface area contributed by atoms with Crippen LogP contribution in [0.3, 0.4) is 0 Å². The molecule has 0 unspecified atom stereocenters. The van der Waals surface area contributed by atoms with Crippen molar-refractivity contribution in [1.29, 1.82) is 0 Å². The summed E-state index contributed by atoms with van der Waals surface area (Å²) < 4.78 is 0.730. The van der Waals surface area contributed by atoms with Crippen LogP contribution in [-0.2, 0) is 4.79 Å². The first kappa shape index (κ1) is 9.15. The first-order chi connectivity index (χ1) is 5.72. The molecule has 0 aliphatic rings. The van der Waals surface area contributed by atoms with Gasteiger partial charge in [-0.3, -0.25) is 4.79 Å². The second-order valence-corrected chi connectivity index (χ2v) is 2.93. The molecule has 0 aliphatic carbocycles. The Labute approximate surface area is 78.3 Å². The Morgan fingerprint density at radius 2 is 2.42 bits per heavy atom. The van der Waals surface area contributed by atoms with Gasteiger partial charge in [0.2, 0.25) is 5.91 Å². The zero-order chi connectivity index (χ0) is 8.97. The number of amides is 1. The van der Waals surface area contributed by atoms with Crippen LogP contribution in [-0.4, -0.2) is 17.4 Å². The summed E-state index contributed by atoms with van der Waals surface area (Å²) in [7, 11) is 0. The zero-order valence-corrected chi connectivity index (χ0v) is 7.84. The third-order valence-electron chi connectivity index (χ3n) is 1.20. The van der Waals surface area contributed by atoms with Crippen molar-refractivity contribution in [2.24, 2.45) is 5.73 Å². The molecule has 1 aromatic rings. The Morgan fingerprint density at radius 1 is 1.67 bits per heavy atom. The highest BCUT2D eigenvalue weighted by molar-refractivity contribution is 9.10. The van der Waals surface area contributed by atoms with Crippen LogP contribution in [0.15, 0.2) is 22.9 Å². The topological polar surface area (TPSA) is 68.0 Å². The molecule has 1 heterocycles. The van der Waals surface area contributed by atoms with Crippen LogP contribution in [0.1, 0.15) is 0 Å². The highest BCUT2D eigenvalue weighted by Crippen LogP contribution is 2.09. The number of aromatic nitrogens is 1. The summed E-state index contributed by atoms with van der Waals surface area (Å²) in [5.41, 5.74) is 5.75. The van der Waals surface area contributed by atoms with Gasteiger partial charge in [-0.25, -0.2) is 4.98 Å². The summed E-state index contributed by atoms with van der Waals surface area (Å²) in [5.74, 6) is -0.223. The Morgan fingerprint density at radius 3 is 2.92 bits per heavy atom. The number of carbonyl (C=O) groups excluding carboxylic acids is 1. The number of anilines is 1. The van der Waals surface area contributed by atoms with Crippen LogP contribution < -0.4 is 11.1 Å². The maximum atomic E-state index is 10.8. The number of halogens is 1. The first-order valence-corrected chi connectivity index (χ1v) is 4.13. The molecule has 4 nitrogen and oxygen atoms in total. The van der Waals surface area contributed by atoms with Crippen LogP contribution in [0.25, 0.3) is 0 Å². The number of rotatable bonds is 2. The SMILES string of the molecule is NCC(=O)Nc1ccc(Br)nc1. The van der Waals surface area contributed by atoms with E-state index in [0.717, 1.165) is 4.60 Å². The molecular weight excluding hydrogens is 222 g/mol. The van der Waals surface area contributed by atoms with Crippen molar-refractivity contribution in [3.63, 3.8) is 0 Å². The molecule has 0 saturated carbocycles. The van der Waals surface area contributed by atoms with E-state index in [0.29, 0.717) is 5.69 Å². The fourth-order valence-electron chi connectivity index (χ4n) is 0.662. The molecule has 3 N–H and O–H groups in total. The maximum absolute atomic E-state index is 10.8. The van der Waals surface area contributed by atoms with E-state index in [9.17, 15) is 4.79 Å². The summed E-state index contributed by atoms with van der Waals surface area (Å²) in [6.45, 7) is -0.0178. The molecule has 1 amide bonds. The molecule has 0 fully saturated rings. The molecule has 12 heavy (non-hydrogen) atoms. The van der Waals surface area contributed by atoms with Crippen molar-refractivity contribution in [1.82, 2.24) is 4.98 Å². The van der Waals surface area contributed by atoms with Gasteiger partial charge in [-0.05, 0) is 28.1 Å². The number of hydrogen-bond donors (Lipinski definition) is 2. The minimum absolute atomic E-state index is 0.0178. The van der Waals surface area contributed by atoms with Gasteiger partial charge in [0.05, 0.1) is 18.4 Å². The molecule has 0 spiro atoms. The van der Waals surface area contributed by atoms with E-state index in [4.69, 9.17) is 5.73 Å². The Balaban J connectivity index is 2.64. The summed E-state index contributed by atoms with van der Waals surface area (Å²) in [6.07, 6.45) is 1.55. The van der Waals surface area contributed by atoms with Crippen LogP contribution in [0.5, 0.6) is 0 Å². The van der Waals surface area contributed by atoms with E-state index in [-0.39, 0.29) is 12.5 Å². The Kier molecular flexibility index (Phi) is 3.19. The molecule has 0 bridgehead atoms. The number of hydrogen-bond acceptors (Lipinski definition) is 3. The van der Waals surface area contributed by atoms with Gasteiger partial charge in [0.1, 0.15) is 4.60 Å². The van der Waals surface area contributed by atoms with Crippen molar-refractivity contribution in [3.05, 3.63) is 22.9 Å². The minimum Gasteiger partial charge on any atom is -0.324 e.